The highest BCUT2D eigenvalue weighted by molar-refractivity contribution is 7.93. The van der Waals surface area contributed by atoms with Crippen LogP contribution in [0.4, 0.5) is 11.4 Å². The minimum atomic E-state index is -3.40. The van der Waals surface area contributed by atoms with Gasteiger partial charge in [0.25, 0.3) is 5.91 Å². The van der Waals surface area contributed by atoms with E-state index >= 15 is 0 Å². The molecule has 0 aliphatic heterocycles. The second-order valence-corrected chi connectivity index (χ2v) is 9.77. The van der Waals surface area contributed by atoms with E-state index in [4.69, 9.17) is 0 Å². The van der Waals surface area contributed by atoms with Gasteiger partial charge < -0.3 is 5.32 Å². The van der Waals surface area contributed by atoms with E-state index in [1.54, 1.807) is 38.1 Å². The van der Waals surface area contributed by atoms with Crippen LogP contribution in [0, 0.1) is 6.92 Å². The van der Waals surface area contributed by atoms with E-state index in [0.717, 1.165) is 18.5 Å². The highest BCUT2D eigenvalue weighted by Crippen LogP contribution is 2.37. The number of hydrogen-bond donors (Lipinski definition) is 2. The monoisotopic (exact) mass is 386 g/mol. The summed E-state index contributed by atoms with van der Waals surface area (Å²) >= 11 is 0. The van der Waals surface area contributed by atoms with Crippen molar-refractivity contribution in [3.63, 3.8) is 0 Å². The van der Waals surface area contributed by atoms with Crippen LogP contribution in [-0.4, -0.2) is 19.6 Å². The summed E-state index contributed by atoms with van der Waals surface area (Å²) in [5.41, 5.74) is 5.67. The van der Waals surface area contributed by atoms with Gasteiger partial charge in [0.05, 0.1) is 5.25 Å². The van der Waals surface area contributed by atoms with Crippen LogP contribution < -0.4 is 10.0 Å². The van der Waals surface area contributed by atoms with Crippen LogP contribution >= 0.6 is 0 Å². The molecule has 1 aliphatic carbocycles. The fourth-order valence-corrected chi connectivity index (χ4v) is 4.25. The maximum absolute atomic E-state index is 12.5. The molecule has 0 bridgehead atoms. The lowest BCUT2D eigenvalue weighted by molar-refractivity contribution is 0.102. The summed E-state index contributed by atoms with van der Waals surface area (Å²) in [5.74, 6) is 0.366. The van der Waals surface area contributed by atoms with Gasteiger partial charge >= 0.3 is 0 Å². The van der Waals surface area contributed by atoms with Crippen molar-refractivity contribution >= 4 is 27.3 Å². The second-order valence-electron chi connectivity index (χ2n) is 7.53. The van der Waals surface area contributed by atoms with E-state index in [0.29, 0.717) is 17.2 Å². The molecule has 27 heavy (non-hydrogen) atoms. The Hall–Kier alpha value is -2.34. The van der Waals surface area contributed by atoms with Crippen LogP contribution in [0.5, 0.6) is 0 Å². The van der Waals surface area contributed by atoms with Crippen molar-refractivity contribution in [3.8, 4) is 0 Å². The Bertz CT molecular complexity index is 964. The van der Waals surface area contributed by atoms with Crippen molar-refractivity contribution in [2.24, 2.45) is 0 Å². The van der Waals surface area contributed by atoms with E-state index in [2.05, 4.69) is 30.0 Å². The molecule has 1 amide bonds. The molecule has 1 atom stereocenters. The van der Waals surface area contributed by atoms with Gasteiger partial charge in [0, 0.05) is 16.9 Å². The van der Waals surface area contributed by atoms with Crippen molar-refractivity contribution in [2.45, 2.75) is 51.7 Å². The molecule has 1 aliphatic rings. The van der Waals surface area contributed by atoms with Crippen LogP contribution in [-0.2, 0) is 16.4 Å². The number of aryl methyl sites for hydroxylation is 2. The van der Waals surface area contributed by atoms with Crippen molar-refractivity contribution in [1.29, 1.82) is 0 Å². The molecule has 0 saturated carbocycles. The number of carbonyl (C=O) groups is 1. The number of amides is 1. The summed E-state index contributed by atoms with van der Waals surface area (Å²) in [5, 5.41) is 2.43. The van der Waals surface area contributed by atoms with Gasteiger partial charge in [-0.2, -0.15) is 0 Å². The molecule has 0 aromatic heterocycles. The van der Waals surface area contributed by atoms with Gasteiger partial charge in [-0.05, 0) is 92.6 Å². The zero-order chi connectivity index (χ0) is 19.8. The zero-order valence-electron chi connectivity index (χ0n) is 16.2. The molecule has 2 N–H and O–H groups in total. The van der Waals surface area contributed by atoms with Crippen LogP contribution in [0.3, 0.4) is 0 Å². The molecule has 3 rings (SSSR count). The Labute approximate surface area is 161 Å². The second kappa shape index (κ2) is 7.35. The first-order chi connectivity index (χ1) is 12.7. The van der Waals surface area contributed by atoms with Gasteiger partial charge in [0.15, 0.2) is 0 Å². The Balaban J connectivity index is 1.73. The van der Waals surface area contributed by atoms with Gasteiger partial charge in [0.2, 0.25) is 10.0 Å². The Morgan fingerprint density at radius 2 is 1.78 bits per heavy atom. The SMILES string of the molecule is Cc1cc(NC(=O)c2ccc(NS(=O)(=O)C(C)C)cc2)cc2c1C(C)CC2. The zero-order valence-corrected chi connectivity index (χ0v) is 17.0. The molecule has 0 fully saturated rings. The minimum Gasteiger partial charge on any atom is -0.322 e. The normalized spacial score (nSPS) is 16.3. The molecule has 0 spiro atoms. The summed E-state index contributed by atoms with van der Waals surface area (Å²) in [7, 11) is -3.40. The summed E-state index contributed by atoms with van der Waals surface area (Å²) in [6.45, 7) is 7.56. The van der Waals surface area contributed by atoms with Crippen molar-refractivity contribution < 1.29 is 13.2 Å². The average molecular weight is 387 g/mol. The predicted octanol–water partition coefficient (Wildman–Crippen LogP) is 4.45. The van der Waals surface area contributed by atoms with Crippen molar-refractivity contribution in [2.75, 3.05) is 10.0 Å². The Kier molecular flexibility index (Phi) is 5.29. The summed E-state index contributed by atoms with van der Waals surface area (Å²) in [6.07, 6.45) is 2.20. The first-order valence-electron chi connectivity index (χ1n) is 9.24. The highest BCUT2D eigenvalue weighted by Gasteiger charge is 2.21. The lowest BCUT2D eigenvalue weighted by Gasteiger charge is -2.13. The third kappa shape index (κ3) is 4.16. The number of fused-ring (bicyclic) bond motifs is 1. The maximum Gasteiger partial charge on any atom is 0.255 e. The van der Waals surface area contributed by atoms with E-state index in [1.165, 1.54) is 16.7 Å². The molecule has 0 heterocycles. The van der Waals surface area contributed by atoms with E-state index in [9.17, 15) is 13.2 Å². The summed E-state index contributed by atoms with van der Waals surface area (Å²) in [6, 6.07) is 10.5. The van der Waals surface area contributed by atoms with Gasteiger partial charge in [-0.15, -0.1) is 0 Å². The van der Waals surface area contributed by atoms with E-state index in [1.807, 2.05) is 6.07 Å². The standard InChI is InChI=1S/C21H26N2O3S/c1-13(2)27(25,26)23-18-9-7-16(8-10-18)21(24)22-19-11-15(4)20-14(3)5-6-17(20)12-19/h7-14,23H,5-6H2,1-4H3,(H,22,24). The summed E-state index contributed by atoms with van der Waals surface area (Å²) < 4.78 is 26.3. The van der Waals surface area contributed by atoms with Gasteiger partial charge in [0.1, 0.15) is 0 Å². The Morgan fingerprint density at radius 3 is 2.41 bits per heavy atom. The average Bonchev–Trinajstić information content (AvgIpc) is 2.96. The Morgan fingerprint density at radius 1 is 1.11 bits per heavy atom. The van der Waals surface area contributed by atoms with Gasteiger partial charge in [-0.1, -0.05) is 6.92 Å². The first-order valence-corrected chi connectivity index (χ1v) is 10.8. The molecule has 2 aromatic rings. The molecule has 2 aromatic carbocycles. The summed E-state index contributed by atoms with van der Waals surface area (Å²) in [4.78, 5) is 12.5. The van der Waals surface area contributed by atoms with E-state index < -0.39 is 15.3 Å². The fourth-order valence-electron chi connectivity index (χ4n) is 3.55. The van der Waals surface area contributed by atoms with Crippen LogP contribution in [0.1, 0.15) is 60.2 Å². The number of carbonyl (C=O) groups excluding carboxylic acids is 1. The topological polar surface area (TPSA) is 75.3 Å². The minimum absolute atomic E-state index is 0.210. The van der Waals surface area contributed by atoms with Gasteiger partial charge in [-0.25, -0.2) is 8.42 Å². The number of benzene rings is 2. The van der Waals surface area contributed by atoms with E-state index in [-0.39, 0.29) is 5.91 Å². The molecular formula is C21H26N2O3S. The molecule has 1 unspecified atom stereocenters. The number of rotatable bonds is 5. The molecular weight excluding hydrogens is 360 g/mol. The number of anilines is 2. The number of nitrogens with one attached hydrogen (secondary N) is 2. The fraction of sp³-hybridized carbons (Fsp3) is 0.381. The smallest absolute Gasteiger partial charge is 0.255 e. The highest BCUT2D eigenvalue weighted by atomic mass is 32.2. The molecule has 6 heteroatoms. The molecule has 144 valence electrons. The van der Waals surface area contributed by atoms with Gasteiger partial charge in [-0.3, -0.25) is 9.52 Å². The molecule has 0 radical (unpaired) electrons. The quantitative estimate of drug-likeness (QED) is 0.797. The maximum atomic E-state index is 12.5. The van der Waals surface area contributed by atoms with Crippen LogP contribution in [0.15, 0.2) is 36.4 Å². The third-order valence-electron chi connectivity index (χ3n) is 5.10. The first kappa shape index (κ1) is 19.4. The third-order valence-corrected chi connectivity index (χ3v) is 6.86. The molecule has 0 saturated heterocycles. The molecule has 5 nitrogen and oxygen atoms in total. The lowest BCUT2D eigenvalue weighted by Crippen LogP contribution is -2.22. The number of sulfonamides is 1. The van der Waals surface area contributed by atoms with Crippen LogP contribution in [0.2, 0.25) is 0 Å². The van der Waals surface area contributed by atoms with Crippen molar-refractivity contribution in [1.82, 2.24) is 0 Å². The number of hydrogen-bond acceptors (Lipinski definition) is 3. The lowest BCUT2D eigenvalue weighted by atomic mass is 9.97. The largest absolute Gasteiger partial charge is 0.322 e. The van der Waals surface area contributed by atoms with Crippen molar-refractivity contribution in [3.05, 3.63) is 58.7 Å². The predicted molar refractivity (Wildman–Crippen MR) is 110 cm³/mol. The van der Waals surface area contributed by atoms with Crippen LogP contribution in [0.25, 0.3) is 0 Å².